The van der Waals surface area contributed by atoms with E-state index in [1.807, 2.05) is 0 Å². The number of hydrogen-bond donors (Lipinski definition) is 2. The molecule has 2 unspecified atom stereocenters. The fraction of sp³-hybridized carbons (Fsp3) is 0.889. The van der Waals surface area contributed by atoms with Gasteiger partial charge in [-0.05, 0) is 32.1 Å². The lowest BCUT2D eigenvalue weighted by Crippen LogP contribution is -2.49. The van der Waals surface area contributed by atoms with Gasteiger partial charge in [0.15, 0.2) is 0 Å². The third-order valence-corrected chi connectivity index (χ3v) is 2.39. The Hall–Kier alpha value is -0.570. The van der Waals surface area contributed by atoms with Gasteiger partial charge in [0.2, 0.25) is 5.91 Å². The summed E-state index contributed by atoms with van der Waals surface area (Å²) in [5.74, 6) is 1.42. The van der Waals surface area contributed by atoms with Crippen molar-refractivity contribution in [1.82, 2.24) is 5.32 Å². The molecule has 3 N–H and O–H groups in total. The van der Waals surface area contributed by atoms with Gasteiger partial charge >= 0.3 is 0 Å². The van der Waals surface area contributed by atoms with Crippen LogP contribution in [0.15, 0.2) is 0 Å². The smallest absolute Gasteiger partial charge is 0.239 e. The number of nitrogens with two attached hydrogens (primary N) is 1. The Bertz CT molecular complexity index is 183. The molecule has 1 amide bonds. The molecule has 1 aliphatic carbocycles. The Kier molecular flexibility index (Phi) is 2.42. The van der Waals surface area contributed by atoms with Crippen LogP contribution in [0.5, 0.6) is 0 Å². The maximum atomic E-state index is 11.3. The van der Waals surface area contributed by atoms with E-state index in [1.54, 1.807) is 13.8 Å². The second-order valence-corrected chi connectivity index (χ2v) is 4.40. The van der Waals surface area contributed by atoms with Gasteiger partial charge in [0.1, 0.15) is 0 Å². The van der Waals surface area contributed by atoms with Crippen LogP contribution in [0.4, 0.5) is 0 Å². The molecule has 0 bridgehead atoms. The fourth-order valence-electron chi connectivity index (χ4n) is 1.14. The van der Waals surface area contributed by atoms with Crippen molar-refractivity contribution >= 4 is 5.91 Å². The number of carbonyl (C=O) groups is 1. The maximum absolute atomic E-state index is 11.3. The van der Waals surface area contributed by atoms with Crippen molar-refractivity contribution in [3.63, 3.8) is 0 Å². The Morgan fingerprint density at radius 3 is 2.50 bits per heavy atom. The van der Waals surface area contributed by atoms with Gasteiger partial charge in [0, 0.05) is 6.54 Å². The van der Waals surface area contributed by atoms with Crippen LogP contribution in [0.2, 0.25) is 0 Å². The lowest BCUT2D eigenvalue weighted by atomic mass is 10.1. The second-order valence-electron chi connectivity index (χ2n) is 4.40. The van der Waals surface area contributed by atoms with Crippen LogP contribution in [0.3, 0.4) is 0 Å². The van der Waals surface area contributed by atoms with E-state index in [9.17, 15) is 4.79 Å². The highest BCUT2D eigenvalue weighted by Gasteiger charge is 2.33. The zero-order chi connectivity index (χ0) is 9.35. The first-order valence-corrected chi connectivity index (χ1v) is 4.48. The molecule has 0 saturated heterocycles. The van der Waals surface area contributed by atoms with Crippen LogP contribution in [0.1, 0.15) is 27.2 Å². The third-order valence-electron chi connectivity index (χ3n) is 2.39. The molecule has 1 saturated carbocycles. The van der Waals surface area contributed by atoms with Crippen LogP contribution >= 0.6 is 0 Å². The Morgan fingerprint density at radius 2 is 2.17 bits per heavy atom. The third kappa shape index (κ3) is 2.48. The summed E-state index contributed by atoms with van der Waals surface area (Å²) in [6.45, 7) is 6.43. The van der Waals surface area contributed by atoms with Crippen LogP contribution in [0.25, 0.3) is 0 Å². The summed E-state index contributed by atoms with van der Waals surface area (Å²) in [6, 6.07) is 0. The lowest BCUT2D eigenvalue weighted by molar-refractivity contribution is -0.125. The molecule has 0 aromatic rings. The standard InChI is InChI=1S/C9H18N2O/c1-6-4-7(6)5-11-8(12)9(2,3)10/h6-7H,4-5,10H2,1-3H3,(H,11,12). The summed E-state index contributed by atoms with van der Waals surface area (Å²) in [7, 11) is 0. The number of nitrogens with one attached hydrogen (secondary N) is 1. The summed E-state index contributed by atoms with van der Waals surface area (Å²) in [5, 5.41) is 2.85. The molecule has 0 spiro atoms. The zero-order valence-electron chi connectivity index (χ0n) is 8.05. The van der Waals surface area contributed by atoms with Crippen LogP contribution in [-0.4, -0.2) is 18.0 Å². The minimum absolute atomic E-state index is 0.0541. The number of amides is 1. The molecular weight excluding hydrogens is 152 g/mol. The van der Waals surface area contributed by atoms with E-state index in [0.29, 0.717) is 5.92 Å². The molecule has 1 aliphatic rings. The predicted molar refractivity (Wildman–Crippen MR) is 48.5 cm³/mol. The Labute approximate surface area is 73.7 Å². The molecule has 0 radical (unpaired) electrons. The second kappa shape index (κ2) is 3.05. The molecule has 3 heteroatoms. The summed E-state index contributed by atoms with van der Waals surface area (Å²) < 4.78 is 0. The van der Waals surface area contributed by atoms with Crippen molar-refractivity contribution in [2.75, 3.05) is 6.54 Å². The van der Waals surface area contributed by atoms with Gasteiger partial charge in [-0.3, -0.25) is 4.79 Å². The minimum Gasteiger partial charge on any atom is -0.354 e. The maximum Gasteiger partial charge on any atom is 0.239 e. The molecule has 0 aromatic heterocycles. The van der Waals surface area contributed by atoms with Gasteiger partial charge < -0.3 is 11.1 Å². The van der Waals surface area contributed by atoms with Crippen molar-refractivity contribution in [3.05, 3.63) is 0 Å². The quantitative estimate of drug-likeness (QED) is 0.648. The summed E-state index contributed by atoms with van der Waals surface area (Å²) in [5.41, 5.74) is 4.87. The molecule has 1 rings (SSSR count). The highest BCUT2D eigenvalue weighted by molar-refractivity contribution is 5.85. The topological polar surface area (TPSA) is 55.1 Å². The highest BCUT2D eigenvalue weighted by Crippen LogP contribution is 2.36. The van der Waals surface area contributed by atoms with Gasteiger partial charge in [-0.1, -0.05) is 6.92 Å². The van der Waals surface area contributed by atoms with E-state index in [4.69, 9.17) is 5.73 Å². The molecule has 2 atom stereocenters. The molecule has 0 heterocycles. The van der Waals surface area contributed by atoms with Crippen molar-refractivity contribution in [2.24, 2.45) is 17.6 Å². The summed E-state index contributed by atoms with van der Waals surface area (Å²) >= 11 is 0. The Morgan fingerprint density at radius 1 is 1.67 bits per heavy atom. The minimum atomic E-state index is -0.738. The van der Waals surface area contributed by atoms with Crippen molar-refractivity contribution in [1.29, 1.82) is 0 Å². The van der Waals surface area contributed by atoms with Crippen molar-refractivity contribution in [2.45, 2.75) is 32.7 Å². The molecule has 1 fully saturated rings. The van der Waals surface area contributed by atoms with Gasteiger partial charge in [0.05, 0.1) is 5.54 Å². The first kappa shape index (κ1) is 9.52. The van der Waals surface area contributed by atoms with E-state index in [-0.39, 0.29) is 5.91 Å². The van der Waals surface area contributed by atoms with E-state index < -0.39 is 5.54 Å². The van der Waals surface area contributed by atoms with Gasteiger partial charge in [-0.15, -0.1) is 0 Å². The Balaban J connectivity index is 2.19. The van der Waals surface area contributed by atoms with E-state index >= 15 is 0 Å². The largest absolute Gasteiger partial charge is 0.354 e. The van der Waals surface area contributed by atoms with Crippen LogP contribution in [0, 0.1) is 11.8 Å². The van der Waals surface area contributed by atoms with Gasteiger partial charge in [-0.25, -0.2) is 0 Å². The van der Waals surface area contributed by atoms with Crippen molar-refractivity contribution < 1.29 is 4.79 Å². The van der Waals surface area contributed by atoms with E-state index in [2.05, 4.69) is 12.2 Å². The first-order chi connectivity index (χ1) is 5.41. The zero-order valence-corrected chi connectivity index (χ0v) is 8.05. The average Bonchev–Trinajstić information content (AvgIpc) is 2.59. The van der Waals surface area contributed by atoms with E-state index in [1.165, 1.54) is 6.42 Å². The fourth-order valence-corrected chi connectivity index (χ4v) is 1.14. The summed E-state index contributed by atoms with van der Waals surface area (Å²) in [6.07, 6.45) is 1.24. The number of hydrogen-bond acceptors (Lipinski definition) is 2. The van der Waals surface area contributed by atoms with Gasteiger partial charge in [0.25, 0.3) is 0 Å². The molecule has 12 heavy (non-hydrogen) atoms. The normalized spacial score (nSPS) is 28.3. The number of rotatable bonds is 3. The van der Waals surface area contributed by atoms with Gasteiger partial charge in [-0.2, -0.15) is 0 Å². The van der Waals surface area contributed by atoms with Crippen LogP contribution in [-0.2, 0) is 4.79 Å². The molecular formula is C9H18N2O. The number of carbonyl (C=O) groups excluding carboxylic acids is 1. The molecule has 3 nitrogen and oxygen atoms in total. The molecule has 0 aromatic carbocycles. The monoisotopic (exact) mass is 170 g/mol. The van der Waals surface area contributed by atoms with E-state index in [0.717, 1.165) is 12.5 Å². The van der Waals surface area contributed by atoms with Crippen LogP contribution < -0.4 is 11.1 Å². The predicted octanol–water partition coefficient (Wildman–Crippen LogP) is 0.496. The van der Waals surface area contributed by atoms with Crippen molar-refractivity contribution in [3.8, 4) is 0 Å². The summed E-state index contributed by atoms with van der Waals surface area (Å²) in [4.78, 5) is 11.3. The first-order valence-electron chi connectivity index (χ1n) is 4.48. The highest BCUT2D eigenvalue weighted by atomic mass is 16.2. The lowest BCUT2D eigenvalue weighted by Gasteiger charge is -2.17. The SMILES string of the molecule is CC1CC1CNC(=O)C(C)(C)N. The molecule has 0 aliphatic heterocycles. The molecule has 70 valence electrons. The average molecular weight is 170 g/mol.